The van der Waals surface area contributed by atoms with E-state index in [0.717, 1.165) is 18.9 Å². The van der Waals surface area contributed by atoms with E-state index in [4.69, 9.17) is 4.52 Å². The van der Waals surface area contributed by atoms with Gasteiger partial charge in [-0.15, -0.1) is 0 Å². The number of likely N-dealkylation sites (tertiary alicyclic amines) is 1. The topological polar surface area (TPSA) is 46.3 Å². The van der Waals surface area contributed by atoms with Crippen molar-refractivity contribution in [2.24, 2.45) is 5.92 Å². The molecule has 1 fully saturated rings. The molecule has 0 spiro atoms. The van der Waals surface area contributed by atoms with Gasteiger partial charge < -0.3 is 9.42 Å². The maximum Gasteiger partial charge on any atom is 0.416 e. The number of rotatable bonds is 5. The molecule has 1 saturated heterocycles. The van der Waals surface area contributed by atoms with Crippen LogP contribution < -0.4 is 0 Å². The molecule has 1 atom stereocenters. The lowest BCUT2D eigenvalue weighted by Gasteiger charge is -2.33. The fraction of sp³-hybridized carbons (Fsp3) is 0.500. The van der Waals surface area contributed by atoms with Crippen molar-refractivity contribution in [3.05, 3.63) is 52.9 Å². The third kappa shape index (κ3) is 4.51. The second kappa shape index (κ2) is 8.15. The molecule has 1 aliphatic rings. The van der Waals surface area contributed by atoms with Crippen LogP contribution in [0.15, 0.2) is 35.0 Å². The van der Waals surface area contributed by atoms with E-state index in [0.29, 0.717) is 49.2 Å². The Morgan fingerprint density at radius 3 is 2.85 bits per heavy atom. The summed E-state index contributed by atoms with van der Waals surface area (Å²) in [6.45, 7) is 3.11. The van der Waals surface area contributed by atoms with Crippen LogP contribution in [0, 0.1) is 5.92 Å². The predicted molar refractivity (Wildman–Crippen MR) is 94.3 cm³/mol. The number of benzene rings is 1. The van der Waals surface area contributed by atoms with E-state index in [-0.39, 0.29) is 11.8 Å². The van der Waals surface area contributed by atoms with Crippen LogP contribution in [0.25, 0.3) is 0 Å². The Morgan fingerprint density at radius 1 is 1.33 bits per heavy atom. The molecule has 1 aromatic carbocycles. The second-order valence-corrected chi connectivity index (χ2v) is 6.97. The highest BCUT2D eigenvalue weighted by molar-refractivity contribution is 5.94. The third-order valence-electron chi connectivity index (χ3n) is 5.15. The van der Waals surface area contributed by atoms with Crippen molar-refractivity contribution in [3.8, 4) is 0 Å². The van der Waals surface area contributed by atoms with Gasteiger partial charge in [-0.3, -0.25) is 4.79 Å². The first-order chi connectivity index (χ1) is 12.9. The van der Waals surface area contributed by atoms with Crippen LogP contribution in [0.3, 0.4) is 0 Å². The summed E-state index contributed by atoms with van der Waals surface area (Å²) in [5.41, 5.74) is 0.243. The molecule has 146 valence electrons. The molecule has 0 radical (unpaired) electrons. The van der Waals surface area contributed by atoms with Gasteiger partial charge in [-0.2, -0.15) is 13.2 Å². The van der Waals surface area contributed by atoms with Crippen molar-refractivity contribution in [2.45, 2.75) is 45.2 Å². The average Bonchev–Trinajstić information content (AvgIpc) is 3.14. The maximum atomic E-state index is 13.1. The molecule has 2 heterocycles. The van der Waals surface area contributed by atoms with Gasteiger partial charge in [-0.05, 0) is 43.2 Å². The summed E-state index contributed by atoms with van der Waals surface area (Å²) in [5, 5.41) is 3.71. The van der Waals surface area contributed by atoms with Crippen molar-refractivity contribution in [1.82, 2.24) is 10.1 Å². The minimum atomic E-state index is -4.34. The van der Waals surface area contributed by atoms with Gasteiger partial charge in [0.1, 0.15) is 11.3 Å². The molecular formula is C20H23F3N2O2. The number of nitrogens with zero attached hydrogens (tertiary/aromatic N) is 2. The number of carbonyl (C=O) groups excluding carboxylic acids is 1. The zero-order valence-electron chi connectivity index (χ0n) is 15.3. The first-order valence-corrected chi connectivity index (χ1v) is 9.28. The Bertz CT molecular complexity index is 786. The molecule has 0 N–H and O–H groups in total. The molecule has 0 bridgehead atoms. The Labute approximate surface area is 156 Å². The number of carbonyl (C=O) groups is 1. The molecule has 1 aliphatic heterocycles. The molecule has 1 aromatic heterocycles. The first kappa shape index (κ1) is 19.5. The average molecular weight is 380 g/mol. The zero-order chi connectivity index (χ0) is 19.4. The van der Waals surface area contributed by atoms with Crippen molar-refractivity contribution in [3.63, 3.8) is 0 Å². The Kier molecular flexibility index (Phi) is 5.87. The summed E-state index contributed by atoms with van der Waals surface area (Å²) in [4.78, 5) is 14.5. The fourth-order valence-electron chi connectivity index (χ4n) is 3.72. The van der Waals surface area contributed by atoms with Crippen LogP contribution >= 0.6 is 0 Å². The lowest BCUT2D eigenvalue weighted by atomic mass is 9.90. The first-order valence-electron chi connectivity index (χ1n) is 9.28. The predicted octanol–water partition coefficient (Wildman–Crippen LogP) is 4.74. The molecule has 7 heteroatoms. The minimum Gasteiger partial charge on any atom is -0.361 e. The number of hydrogen-bond donors (Lipinski definition) is 0. The molecule has 1 amide bonds. The van der Waals surface area contributed by atoms with Crippen LogP contribution in [0.5, 0.6) is 0 Å². The molecule has 1 unspecified atom stereocenters. The molecule has 0 aliphatic carbocycles. The highest BCUT2D eigenvalue weighted by Crippen LogP contribution is 2.33. The van der Waals surface area contributed by atoms with Crippen molar-refractivity contribution in [2.75, 3.05) is 13.1 Å². The monoisotopic (exact) mass is 380 g/mol. The lowest BCUT2D eigenvalue weighted by Crippen LogP contribution is -2.40. The largest absolute Gasteiger partial charge is 0.416 e. The molecule has 4 nitrogen and oxygen atoms in total. The number of piperidine rings is 1. The van der Waals surface area contributed by atoms with Crippen LogP contribution in [0.1, 0.15) is 53.4 Å². The van der Waals surface area contributed by atoms with Gasteiger partial charge >= 0.3 is 6.18 Å². The van der Waals surface area contributed by atoms with Gasteiger partial charge in [-0.1, -0.05) is 30.3 Å². The number of halogens is 3. The van der Waals surface area contributed by atoms with E-state index in [1.807, 2.05) is 6.92 Å². The van der Waals surface area contributed by atoms with E-state index in [2.05, 4.69) is 5.16 Å². The number of amides is 1. The summed E-state index contributed by atoms with van der Waals surface area (Å²) in [6, 6.07) is 5.72. The zero-order valence-corrected chi connectivity index (χ0v) is 15.3. The summed E-state index contributed by atoms with van der Waals surface area (Å²) in [5.74, 6) is 0.656. The Balaban J connectivity index is 1.64. The van der Waals surface area contributed by atoms with Gasteiger partial charge in [0, 0.05) is 19.5 Å². The number of aryl methyl sites for hydroxylation is 2. The van der Waals surface area contributed by atoms with E-state index in [1.54, 1.807) is 17.0 Å². The highest BCUT2D eigenvalue weighted by atomic mass is 19.4. The Hall–Kier alpha value is -2.31. The maximum absolute atomic E-state index is 13.1. The molecule has 27 heavy (non-hydrogen) atoms. The van der Waals surface area contributed by atoms with E-state index in [9.17, 15) is 18.0 Å². The van der Waals surface area contributed by atoms with Crippen molar-refractivity contribution >= 4 is 5.91 Å². The van der Waals surface area contributed by atoms with E-state index >= 15 is 0 Å². The molecular weight excluding hydrogens is 357 g/mol. The summed E-state index contributed by atoms with van der Waals surface area (Å²) in [7, 11) is 0. The Morgan fingerprint density at radius 2 is 2.11 bits per heavy atom. The van der Waals surface area contributed by atoms with Crippen LogP contribution in [-0.4, -0.2) is 29.1 Å². The third-order valence-corrected chi connectivity index (χ3v) is 5.15. The van der Waals surface area contributed by atoms with Gasteiger partial charge in [0.2, 0.25) is 0 Å². The van der Waals surface area contributed by atoms with Crippen molar-refractivity contribution < 1.29 is 22.5 Å². The second-order valence-electron chi connectivity index (χ2n) is 6.97. The summed E-state index contributed by atoms with van der Waals surface area (Å²) in [6.07, 6.45) is 0.455. The fourth-order valence-corrected chi connectivity index (χ4v) is 3.72. The van der Waals surface area contributed by atoms with E-state index < -0.39 is 11.7 Å². The van der Waals surface area contributed by atoms with Crippen LogP contribution in [-0.2, 0) is 19.0 Å². The number of hydrogen-bond acceptors (Lipinski definition) is 3. The quantitative estimate of drug-likeness (QED) is 0.753. The molecule has 2 aromatic rings. The molecule has 3 rings (SSSR count). The minimum absolute atomic E-state index is 0.103. The summed E-state index contributed by atoms with van der Waals surface area (Å²) >= 11 is 0. The van der Waals surface area contributed by atoms with Gasteiger partial charge in [-0.25, -0.2) is 0 Å². The number of alkyl halides is 3. The van der Waals surface area contributed by atoms with Gasteiger partial charge in [0.25, 0.3) is 5.91 Å². The van der Waals surface area contributed by atoms with Crippen molar-refractivity contribution in [1.29, 1.82) is 0 Å². The van der Waals surface area contributed by atoms with Crippen LogP contribution in [0.4, 0.5) is 13.2 Å². The smallest absolute Gasteiger partial charge is 0.361 e. The number of aromatic nitrogens is 1. The van der Waals surface area contributed by atoms with Gasteiger partial charge in [0.15, 0.2) is 0 Å². The lowest BCUT2D eigenvalue weighted by molar-refractivity contribution is -0.138. The van der Waals surface area contributed by atoms with Crippen LogP contribution in [0.2, 0.25) is 0 Å². The standard InChI is InChI=1S/C20H23F3N2O2/c1-2-18-16(12-24-27-18)19(26)25-11-5-6-14(13-25)9-10-15-7-3-4-8-17(15)20(21,22)23/h3-4,7-8,12,14H,2,5-6,9-11,13H2,1H3. The van der Waals surface area contributed by atoms with Gasteiger partial charge in [0.05, 0.1) is 11.8 Å². The highest BCUT2D eigenvalue weighted by Gasteiger charge is 2.33. The SMILES string of the molecule is CCc1oncc1C(=O)N1CCCC(CCc2ccccc2C(F)(F)F)C1. The van der Waals surface area contributed by atoms with E-state index in [1.165, 1.54) is 12.3 Å². The molecule has 0 saturated carbocycles. The normalized spacial score (nSPS) is 17.9. The summed E-state index contributed by atoms with van der Waals surface area (Å²) < 4.78 is 44.5.